The first kappa shape index (κ1) is 14.1. The third-order valence-corrected chi connectivity index (χ3v) is 3.43. The summed E-state index contributed by atoms with van der Waals surface area (Å²) < 4.78 is 1.46. The molecule has 0 spiro atoms. The molecular weight excluding hydrogens is 283 g/mol. The molecule has 0 fully saturated rings. The summed E-state index contributed by atoms with van der Waals surface area (Å²) in [4.78, 5) is 12.3. The Morgan fingerprint density at radius 3 is 2.63 bits per heavy atom. The lowest BCUT2D eigenvalue weighted by Gasteiger charge is -2.07. The van der Waals surface area contributed by atoms with E-state index < -0.39 is 0 Å². The molecule has 100 valence electrons. The zero-order valence-corrected chi connectivity index (χ0v) is 11.9. The molecule has 1 aromatic heterocycles. The van der Waals surface area contributed by atoms with E-state index in [-0.39, 0.29) is 5.56 Å². The van der Waals surface area contributed by atoms with E-state index >= 15 is 0 Å². The summed E-state index contributed by atoms with van der Waals surface area (Å²) >= 11 is 11.8. The van der Waals surface area contributed by atoms with Crippen molar-refractivity contribution >= 4 is 23.2 Å². The van der Waals surface area contributed by atoms with Gasteiger partial charge < -0.3 is 0 Å². The lowest BCUT2D eigenvalue weighted by atomic mass is 10.1. The van der Waals surface area contributed by atoms with Crippen LogP contribution in [0.2, 0.25) is 5.02 Å². The zero-order valence-electron chi connectivity index (χ0n) is 10.4. The number of halogens is 2. The maximum absolute atomic E-state index is 12.3. The fraction of sp³-hybridized carbons (Fsp3) is 0.286. The maximum atomic E-state index is 12.3. The smallest absolute Gasteiger partial charge is 0.267 e. The van der Waals surface area contributed by atoms with Crippen LogP contribution in [0.5, 0.6) is 0 Å². The molecule has 1 aromatic carbocycles. The van der Waals surface area contributed by atoms with Crippen molar-refractivity contribution in [3.8, 4) is 11.1 Å². The molecule has 0 atom stereocenters. The fourth-order valence-electron chi connectivity index (χ4n) is 1.85. The molecule has 0 amide bonds. The highest BCUT2D eigenvalue weighted by Gasteiger charge is 2.09. The SMILES string of the molecule is O=c1c(-c2ccccc2Cl)ccnn1CCCCCl. The highest BCUT2D eigenvalue weighted by Crippen LogP contribution is 2.24. The van der Waals surface area contributed by atoms with E-state index in [4.69, 9.17) is 23.2 Å². The molecule has 0 aliphatic carbocycles. The Morgan fingerprint density at radius 2 is 1.89 bits per heavy atom. The number of hydrogen-bond acceptors (Lipinski definition) is 2. The molecule has 0 bridgehead atoms. The molecule has 0 N–H and O–H groups in total. The first-order valence-corrected chi connectivity index (χ1v) is 7.02. The van der Waals surface area contributed by atoms with Gasteiger partial charge in [-0.3, -0.25) is 4.79 Å². The van der Waals surface area contributed by atoms with E-state index in [1.54, 1.807) is 18.3 Å². The monoisotopic (exact) mass is 296 g/mol. The Balaban J connectivity index is 2.35. The van der Waals surface area contributed by atoms with Crippen molar-refractivity contribution in [3.05, 3.63) is 51.9 Å². The van der Waals surface area contributed by atoms with Crippen LogP contribution in [0.3, 0.4) is 0 Å². The quantitative estimate of drug-likeness (QED) is 0.624. The molecule has 2 rings (SSSR count). The molecule has 0 aliphatic heterocycles. The van der Waals surface area contributed by atoms with Crippen LogP contribution in [-0.2, 0) is 6.54 Å². The van der Waals surface area contributed by atoms with Gasteiger partial charge in [0, 0.05) is 29.2 Å². The first-order valence-electron chi connectivity index (χ1n) is 6.11. The number of aryl methyl sites for hydroxylation is 1. The van der Waals surface area contributed by atoms with E-state index in [0.717, 1.165) is 18.4 Å². The van der Waals surface area contributed by atoms with E-state index in [0.29, 0.717) is 23.0 Å². The van der Waals surface area contributed by atoms with Crippen molar-refractivity contribution in [2.24, 2.45) is 0 Å². The zero-order chi connectivity index (χ0) is 13.7. The van der Waals surface area contributed by atoms with Gasteiger partial charge in [0.25, 0.3) is 5.56 Å². The molecule has 0 saturated heterocycles. The molecule has 1 heterocycles. The minimum Gasteiger partial charge on any atom is -0.267 e. The number of rotatable bonds is 5. The third-order valence-electron chi connectivity index (χ3n) is 2.83. The minimum atomic E-state index is -0.120. The highest BCUT2D eigenvalue weighted by molar-refractivity contribution is 6.33. The molecule has 0 saturated carbocycles. The lowest BCUT2D eigenvalue weighted by molar-refractivity contribution is 0.545. The van der Waals surface area contributed by atoms with Gasteiger partial charge in [-0.1, -0.05) is 29.8 Å². The molecule has 19 heavy (non-hydrogen) atoms. The van der Waals surface area contributed by atoms with Gasteiger partial charge in [0.15, 0.2) is 0 Å². The Labute approximate surface area is 121 Å². The normalized spacial score (nSPS) is 10.6. The summed E-state index contributed by atoms with van der Waals surface area (Å²) in [6, 6.07) is 9.00. The second-order valence-electron chi connectivity index (χ2n) is 4.15. The number of aromatic nitrogens is 2. The van der Waals surface area contributed by atoms with Crippen LogP contribution in [0.4, 0.5) is 0 Å². The number of hydrogen-bond donors (Lipinski definition) is 0. The predicted molar refractivity (Wildman–Crippen MR) is 78.9 cm³/mol. The van der Waals surface area contributed by atoms with Crippen LogP contribution in [0, 0.1) is 0 Å². The van der Waals surface area contributed by atoms with Gasteiger partial charge in [0.05, 0.1) is 5.56 Å². The lowest BCUT2D eigenvalue weighted by Crippen LogP contribution is -2.24. The molecule has 0 radical (unpaired) electrons. The predicted octanol–water partition coefficient (Wildman–Crippen LogP) is 3.58. The Kier molecular flexibility index (Phi) is 5.00. The fourth-order valence-corrected chi connectivity index (χ4v) is 2.28. The van der Waals surface area contributed by atoms with Gasteiger partial charge in [0.1, 0.15) is 0 Å². The molecule has 0 unspecified atom stereocenters. The van der Waals surface area contributed by atoms with E-state index in [1.807, 2.05) is 18.2 Å². The van der Waals surface area contributed by atoms with E-state index in [9.17, 15) is 4.79 Å². The average molecular weight is 297 g/mol. The molecule has 0 aliphatic rings. The number of alkyl halides is 1. The second-order valence-corrected chi connectivity index (χ2v) is 4.93. The van der Waals surface area contributed by atoms with Crippen LogP contribution in [0.15, 0.2) is 41.3 Å². The summed E-state index contributed by atoms with van der Waals surface area (Å²) in [5.74, 6) is 0.596. The van der Waals surface area contributed by atoms with Crippen molar-refractivity contribution in [1.82, 2.24) is 9.78 Å². The van der Waals surface area contributed by atoms with Crippen LogP contribution < -0.4 is 5.56 Å². The van der Waals surface area contributed by atoms with Crippen LogP contribution >= 0.6 is 23.2 Å². The van der Waals surface area contributed by atoms with Crippen molar-refractivity contribution < 1.29 is 0 Å². The molecular formula is C14H14Cl2N2O. The van der Waals surface area contributed by atoms with Crippen molar-refractivity contribution in [3.63, 3.8) is 0 Å². The van der Waals surface area contributed by atoms with Gasteiger partial charge in [-0.05, 0) is 25.0 Å². The maximum Gasteiger partial charge on any atom is 0.274 e. The van der Waals surface area contributed by atoms with Gasteiger partial charge in [-0.25, -0.2) is 4.68 Å². The molecule has 2 aromatic rings. The van der Waals surface area contributed by atoms with E-state index in [1.165, 1.54) is 4.68 Å². The molecule has 5 heteroatoms. The van der Waals surface area contributed by atoms with Crippen molar-refractivity contribution in [2.75, 3.05) is 5.88 Å². The molecule has 3 nitrogen and oxygen atoms in total. The summed E-state index contributed by atoms with van der Waals surface area (Å²) in [6.45, 7) is 0.573. The number of unbranched alkanes of at least 4 members (excludes halogenated alkanes) is 1. The third kappa shape index (κ3) is 3.37. The van der Waals surface area contributed by atoms with Crippen LogP contribution in [0.25, 0.3) is 11.1 Å². The summed E-state index contributed by atoms with van der Waals surface area (Å²) in [5.41, 5.74) is 1.19. The Bertz CT molecular complexity index is 610. The van der Waals surface area contributed by atoms with Gasteiger partial charge in [-0.2, -0.15) is 5.10 Å². The number of benzene rings is 1. The van der Waals surface area contributed by atoms with Gasteiger partial charge in [-0.15, -0.1) is 11.6 Å². The van der Waals surface area contributed by atoms with E-state index in [2.05, 4.69) is 5.10 Å². The largest absolute Gasteiger partial charge is 0.274 e. The highest BCUT2D eigenvalue weighted by atomic mass is 35.5. The Morgan fingerprint density at radius 1 is 1.11 bits per heavy atom. The standard InChI is InChI=1S/C14H14Cl2N2O/c15-8-3-4-10-18-14(19)12(7-9-17-18)11-5-1-2-6-13(11)16/h1-2,5-7,9H,3-4,8,10H2. The number of nitrogens with zero attached hydrogens (tertiary/aromatic N) is 2. The van der Waals surface area contributed by atoms with Crippen molar-refractivity contribution in [2.45, 2.75) is 19.4 Å². The van der Waals surface area contributed by atoms with Gasteiger partial charge >= 0.3 is 0 Å². The van der Waals surface area contributed by atoms with Crippen LogP contribution in [0.1, 0.15) is 12.8 Å². The average Bonchev–Trinajstić information content (AvgIpc) is 2.42. The summed E-state index contributed by atoms with van der Waals surface area (Å²) in [6.07, 6.45) is 3.33. The first-order chi connectivity index (χ1) is 9.24. The van der Waals surface area contributed by atoms with Crippen LogP contribution in [-0.4, -0.2) is 15.7 Å². The van der Waals surface area contributed by atoms with Crippen molar-refractivity contribution in [1.29, 1.82) is 0 Å². The topological polar surface area (TPSA) is 34.9 Å². The minimum absolute atomic E-state index is 0.120. The van der Waals surface area contributed by atoms with Gasteiger partial charge in [0.2, 0.25) is 0 Å². The summed E-state index contributed by atoms with van der Waals surface area (Å²) in [5, 5.41) is 4.65. The summed E-state index contributed by atoms with van der Waals surface area (Å²) in [7, 11) is 0. The second kappa shape index (κ2) is 6.73. The Hall–Kier alpha value is -1.32.